The summed E-state index contributed by atoms with van der Waals surface area (Å²) >= 11 is 0. The number of esters is 1. The zero-order chi connectivity index (χ0) is 31.7. The van der Waals surface area contributed by atoms with Gasteiger partial charge in [0.15, 0.2) is 0 Å². The smallest absolute Gasteiger partial charge is 0.341 e. The fourth-order valence-electron chi connectivity index (χ4n) is 3.94. The molecule has 0 bridgehead atoms. The second-order valence-electron chi connectivity index (χ2n) is 10.4. The van der Waals surface area contributed by atoms with Gasteiger partial charge in [0, 0.05) is 12.1 Å². The highest BCUT2D eigenvalue weighted by Crippen LogP contribution is 2.22. The zero-order valence-corrected chi connectivity index (χ0v) is 26.3. The number of hydrogen-bond donors (Lipinski definition) is 3. The van der Waals surface area contributed by atoms with Gasteiger partial charge in [-0.15, -0.1) is 0 Å². The summed E-state index contributed by atoms with van der Waals surface area (Å²) in [7, 11) is 1.21. The first-order chi connectivity index (χ1) is 20.8. The Morgan fingerprint density at radius 1 is 0.814 bits per heavy atom. The summed E-state index contributed by atoms with van der Waals surface area (Å²) in [5.74, 6) is -1.38. The van der Waals surface area contributed by atoms with Crippen LogP contribution in [0.4, 0.5) is 5.69 Å². The van der Waals surface area contributed by atoms with Crippen molar-refractivity contribution < 1.29 is 24.2 Å². The molecule has 1 atom stereocenters. The minimum atomic E-state index is -0.729. The molecule has 0 aliphatic rings. The molecule has 0 saturated heterocycles. The fourth-order valence-corrected chi connectivity index (χ4v) is 3.94. The van der Waals surface area contributed by atoms with Gasteiger partial charge in [-0.05, 0) is 75.5 Å². The lowest BCUT2D eigenvalue weighted by molar-refractivity contribution is -0.126. The quantitative estimate of drug-likeness (QED) is 0.0808. The molecule has 1 aromatic rings. The van der Waals surface area contributed by atoms with E-state index in [0.29, 0.717) is 18.5 Å². The van der Waals surface area contributed by atoms with Gasteiger partial charge in [0.05, 0.1) is 7.11 Å². The number of anilines is 1. The summed E-state index contributed by atoms with van der Waals surface area (Å²) in [4.78, 5) is 37.3. The lowest BCUT2D eigenvalue weighted by Crippen LogP contribution is -2.44. The van der Waals surface area contributed by atoms with Gasteiger partial charge in [0.1, 0.15) is 17.4 Å². The van der Waals surface area contributed by atoms with Gasteiger partial charge in [-0.1, -0.05) is 93.7 Å². The fraction of sp³-hybridized carbons (Fsp3) is 0.417. The Morgan fingerprint density at radius 3 is 1.81 bits per heavy atom. The van der Waals surface area contributed by atoms with E-state index < -0.39 is 17.9 Å². The first-order valence-corrected chi connectivity index (χ1v) is 15.2. The number of phenols is 1. The minimum absolute atomic E-state index is 0.0545. The third-order valence-electron chi connectivity index (χ3n) is 6.16. The number of methoxy groups -OCH3 is 1. The van der Waals surface area contributed by atoms with Crippen molar-refractivity contribution in [1.82, 2.24) is 5.32 Å². The molecular formula is C36H50N2O5. The van der Waals surface area contributed by atoms with Crippen LogP contribution >= 0.6 is 0 Å². The number of ether oxygens (including phenoxy) is 1. The normalized spacial score (nSPS) is 13.0. The molecular weight excluding hydrogens is 540 g/mol. The number of allylic oxidation sites excluding steroid dienone is 12. The molecule has 0 aromatic heterocycles. The first-order valence-electron chi connectivity index (χ1n) is 15.2. The van der Waals surface area contributed by atoms with E-state index in [9.17, 15) is 19.5 Å². The van der Waals surface area contributed by atoms with Crippen LogP contribution in [0, 0.1) is 5.92 Å². The van der Waals surface area contributed by atoms with Crippen molar-refractivity contribution in [2.45, 2.75) is 84.6 Å². The number of aromatic hydroxyl groups is 1. The van der Waals surface area contributed by atoms with E-state index in [-0.39, 0.29) is 29.6 Å². The summed E-state index contributed by atoms with van der Waals surface area (Å²) in [6, 6.07) is 3.41. The Hall–Kier alpha value is -4.13. The molecule has 7 nitrogen and oxygen atoms in total. The summed E-state index contributed by atoms with van der Waals surface area (Å²) in [5.41, 5.74) is 0.269. The number of rotatable bonds is 20. The van der Waals surface area contributed by atoms with Gasteiger partial charge in [0.25, 0.3) is 0 Å². The highest BCUT2D eigenvalue weighted by atomic mass is 16.5. The molecule has 1 rings (SSSR count). The Kier molecular flexibility index (Phi) is 20.1. The predicted octanol–water partition coefficient (Wildman–Crippen LogP) is 8.13. The second kappa shape index (κ2) is 23.4. The molecule has 234 valence electrons. The van der Waals surface area contributed by atoms with Crippen LogP contribution < -0.4 is 10.6 Å². The van der Waals surface area contributed by atoms with Crippen molar-refractivity contribution in [2.75, 3.05) is 12.4 Å². The third kappa shape index (κ3) is 18.1. The van der Waals surface area contributed by atoms with Crippen LogP contribution in [0.1, 0.15) is 88.9 Å². The van der Waals surface area contributed by atoms with E-state index in [2.05, 4.69) is 83.1 Å². The predicted molar refractivity (Wildman–Crippen MR) is 177 cm³/mol. The number of amides is 2. The maximum atomic E-state index is 12.9. The van der Waals surface area contributed by atoms with Crippen LogP contribution in [0.3, 0.4) is 0 Å². The summed E-state index contributed by atoms with van der Waals surface area (Å²) < 4.78 is 4.66. The van der Waals surface area contributed by atoms with Crippen molar-refractivity contribution in [3.8, 4) is 5.75 Å². The zero-order valence-electron chi connectivity index (χ0n) is 26.3. The number of phenolic OH excluding ortho intramolecular Hbond substituents is 1. The van der Waals surface area contributed by atoms with Crippen LogP contribution in [-0.2, 0) is 14.3 Å². The number of carbonyl (C=O) groups excluding carboxylic acids is 3. The van der Waals surface area contributed by atoms with Crippen LogP contribution in [0.15, 0.2) is 91.1 Å². The summed E-state index contributed by atoms with van der Waals surface area (Å²) in [6.07, 6.45) is 32.7. The topological polar surface area (TPSA) is 105 Å². The van der Waals surface area contributed by atoms with Gasteiger partial charge in [-0.2, -0.15) is 0 Å². The second-order valence-corrected chi connectivity index (χ2v) is 10.4. The Bertz CT molecular complexity index is 1160. The standard InChI is InChI=1S/C36H50N2O5/c1-5-6-7-8-9-10-11-12-13-14-15-16-17-18-19-20-21-22-23-24-34(40)38-32(27-29(2)3)35(41)37-30-25-26-33(39)31(28-30)36(42)43-4/h6-7,9-10,12-13,15-16,18-19,21-22,25-26,28-29,32,39H,5,8,11,14,17,20,23-24,27H2,1-4H3,(H,37,41)(H,38,40). The third-order valence-corrected chi connectivity index (χ3v) is 6.16. The summed E-state index contributed by atoms with van der Waals surface area (Å²) in [6.45, 7) is 6.08. The van der Waals surface area contributed by atoms with Crippen molar-refractivity contribution >= 4 is 23.5 Å². The van der Waals surface area contributed by atoms with Gasteiger partial charge in [-0.25, -0.2) is 4.79 Å². The van der Waals surface area contributed by atoms with E-state index in [1.165, 1.54) is 25.3 Å². The van der Waals surface area contributed by atoms with Gasteiger partial charge in [0.2, 0.25) is 11.8 Å². The number of hydrogen-bond acceptors (Lipinski definition) is 5. The first kappa shape index (κ1) is 36.9. The molecule has 0 aliphatic heterocycles. The molecule has 0 heterocycles. The lowest BCUT2D eigenvalue weighted by Gasteiger charge is -2.20. The van der Waals surface area contributed by atoms with E-state index in [1.54, 1.807) is 0 Å². The van der Waals surface area contributed by atoms with Crippen LogP contribution in [-0.4, -0.2) is 36.0 Å². The Labute approximate surface area is 258 Å². The largest absolute Gasteiger partial charge is 0.507 e. The SMILES string of the molecule is CCC=CCC=CCC=CCC=CCC=CCC=CCCC(=O)NC(CC(C)C)C(=O)Nc1ccc(O)c(C(=O)OC)c1. The monoisotopic (exact) mass is 590 g/mol. The van der Waals surface area contributed by atoms with Gasteiger partial charge < -0.3 is 20.5 Å². The van der Waals surface area contributed by atoms with Gasteiger partial charge >= 0.3 is 5.97 Å². The van der Waals surface area contributed by atoms with Crippen LogP contribution in [0.2, 0.25) is 0 Å². The highest BCUT2D eigenvalue weighted by Gasteiger charge is 2.22. The van der Waals surface area contributed by atoms with Crippen molar-refractivity contribution in [2.24, 2.45) is 5.92 Å². The molecule has 0 radical (unpaired) electrons. The maximum Gasteiger partial charge on any atom is 0.341 e. The van der Waals surface area contributed by atoms with E-state index in [1.807, 2.05) is 26.0 Å². The van der Waals surface area contributed by atoms with E-state index >= 15 is 0 Å². The molecule has 0 fully saturated rings. The number of nitrogens with one attached hydrogen (secondary N) is 2. The lowest BCUT2D eigenvalue weighted by atomic mass is 10.0. The number of carbonyl (C=O) groups is 3. The van der Waals surface area contributed by atoms with Crippen molar-refractivity contribution in [3.05, 3.63) is 96.7 Å². The molecule has 1 aromatic carbocycles. The maximum absolute atomic E-state index is 12.9. The van der Waals surface area contributed by atoms with Crippen LogP contribution in [0.5, 0.6) is 5.75 Å². The van der Waals surface area contributed by atoms with Crippen molar-refractivity contribution in [3.63, 3.8) is 0 Å². The minimum Gasteiger partial charge on any atom is -0.507 e. The van der Waals surface area contributed by atoms with E-state index in [0.717, 1.165) is 38.5 Å². The Morgan fingerprint density at radius 2 is 1.33 bits per heavy atom. The molecule has 7 heteroatoms. The molecule has 43 heavy (non-hydrogen) atoms. The molecule has 0 aliphatic carbocycles. The average Bonchev–Trinajstić information content (AvgIpc) is 2.98. The van der Waals surface area contributed by atoms with Crippen molar-refractivity contribution in [1.29, 1.82) is 0 Å². The molecule has 0 spiro atoms. The highest BCUT2D eigenvalue weighted by molar-refractivity contribution is 5.99. The number of benzene rings is 1. The van der Waals surface area contributed by atoms with E-state index in [4.69, 9.17) is 0 Å². The Balaban J connectivity index is 2.36. The summed E-state index contributed by atoms with van der Waals surface area (Å²) in [5, 5.41) is 15.4. The molecule has 0 saturated carbocycles. The van der Waals surface area contributed by atoms with Crippen LogP contribution in [0.25, 0.3) is 0 Å². The average molecular weight is 591 g/mol. The molecule has 1 unspecified atom stereocenters. The molecule has 3 N–H and O–H groups in total. The van der Waals surface area contributed by atoms with Gasteiger partial charge in [-0.3, -0.25) is 9.59 Å². The molecule has 2 amide bonds.